The summed E-state index contributed by atoms with van der Waals surface area (Å²) in [6.07, 6.45) is -6.82. The second-order valence-electron chi connectivity index (χ2n) is 8.54. The van der Waals surface area contributed by atoms with Crippen LogP contribution in [0.25, 0.3) is 11.1 Å². The second-order valence-corrected chi connectivity index (χ2v) is 8.54. The highest BCUT2D eigenvalue weighted by Gasteiger charge is 2.35. The summed E-state index contributed by atoms with van der Waals surface area (Å²) in [7, 11) is 1.18. The van der Waals surface area contributed by atoms with E-state index in [1.54, 1.807) is 18.2 Å². The lowest BCUT2D eigenvalue weighted by Gasteiger charge is -2.27. The lowest BCUT2D eigenvalue weighted by Crippen LogP contribution is -2.37. The highest BCUT2D eigenvalue weighted by Crippen LogP contribution is 2.48. The van der Waals surface area contributed by atoms with Crippen LogP contribution in [0.4, 0.5) is 0 Å². The molecule has 0 spiro atoms. The average Bonchev–Trinajstić information content (AvgIpc) is 3.12. The third-order valence-electron chi connectivity index (χ3n) is 5.25. The molecule has 0 unspecified atom stereocenters. The Hall–Kier alpha value is -3.26. The highest BCUT2D eigenvalue weighted by atomic mass is 16.9. The van der Waals surface area contributed by atoms with Crippen LogP contribution >= 0.6 is 0 Å². The Morgan fingerprint density at radius 2 is 1.49 bits per heavy atom. The van der Waals surface area contributed by atoms with E-state index < -0.39 is 35.2 Å². The molecule has 2 aromatic carbocycles. The molecule has 3 rings (SSSR count). The number of carbonyl (C=O) groups excluding carboxylic acids is 2. The van der Waals surface area contributed by atoms with Crippen molar-refractivity contribution in [1.29, 1.82) is 0 Å². The zero-order chi connectivity index (χ0) is 26.2. The molecule has 12 nitrogen and oxygen atoms in total. The first-order valence-electron chi connectivity index (χ1n) is 10.4. The van der Waals surface area contributed by atoms with Crippen molar-refractivity contribution in [3.63, 3.8) is 0 Å². The number of hydrogen-bond acceptors (Lipinski definition) is 12. The predicted octanol–water partition coefficient (Wildman–Crippen LogP) is -0.00550. The quantitative estimate of drug-likeness (QED) is 0.202. The zero-order valence-corrected chi connectivity index (χ0v) is 19.1. The third kappa shape index (κ3) is 6.06. The number of benzene rings is 2. The van der Waals surface area contributed by atoms with Gasteiger partial charge in [-0.25, -0.2) is 0 Å². The van der Waals surface area contributed by atoms with Gasteiger partial charge in [0.05, 0.1) is 12.5 Å². The predicted molar refractivity (Wildman–Crippen MR) is 116 cm³/mol. The molecular weight excluding hydrogens is 468 g/mol. The van der Waals surface area contributed by atoms with Gasteiger partial charge in [-0.3, -0.25) is 9.59 Å². The van der Waals surface area contributed by atoms with Crippen molar-refractivity contribution < 1.29 is 59.2 Å². The van der Waals surface area contributed by atoms with Crippen LogP contribution in [-0.2, 0) is 16.0 Å². The number of aliphatic hydroxyl groups is 6. The van der Waals surface area contributed by atoms with Crippen LogP contribution in [0.2, 0.25) is 0 Å². The van der Waals surface area contributed by atoms with Crippen LogP contribution in [0.1, 0.15) is 36.2 Å². The number of methoxy groups -OCH3 is 1. The smallest absolute Gasteiger partial charge is 0.453 e. The third-order valence-corrected chi connectivity index (χ3v) is 5.25. The Labute approximate surface area is 199 Å². The van der Waals surface area contributed by atoms with Crippen molar-refractivity contribution in [1.82, 2.24) is 0 Å². The molecule has 0 radical (unpaired) electrons. The number of ether oxygens (including phenoxy) is 4. The van der Waals surface area contributed by atoms with Crippen molar-refractivity contribution in [2.24, 2.45) is 5.41 Å². The Morgan fingerprint density at radius 1 is 0.857 bits per heavy atom. The molecule has 0 saturated heterocycles. The van der Waals surface area contributed by atoms with Gasteiger partial charge in [0, 0.05) is 17.5 Å². The molecule has 2 aromatic rings. The number of fused-ring (bicyclic) bond motifs is 1. The van der Waals surface area contributed by atoms with Crippen LogP contribution in [0.3, 0.4) is 0 Å². The zero-order valence-electron chi connectivity index (χ0n) is 19.1. The fourth-order valence-electron chi connectivity index (χ4n) is 3.69. The van der Waals surface area contributed by atoms with Crippen molar-refractivity contribution in [2.45, 2.75) is 39.0 Å². The van der Waals surface area contributed by atoms with Crippen LogP contribution in [0.15, 0.2) is 30.3 Å². The van der Waals surface area contributed by atoms with Crippen molar-refractivity contribution >= 4 is 11.8 Å². The largest absolute Gasteiger partial charge is 0.488 e. The van der Waals surface area contributed by atoms with Gasteiger partial charge in [0.25, 0.3) is 0 Å². The number of ketones is 1. The molecule has 0 fully saturated rings. The van der Waals surface area contributed by atoms with Gasteiger partial charge >= 0.3 is 18.3 Å². The summed E-state index contributed by atoms with van der Waals surface area (Å²) in [5.74, 6) is -2.49. The maximum atomic E-state index is 12.3. The molecule has 0 heterocycles. The topological polar surface area (TPSA) is 192 Å². The maximum absolute atomic E-state index is 12.3. The van der Waals surface area contributed by atoms with Crippen molar-refractivity contribution in [3.05, 3.63) is 41.5 Å². The number of carbonyl (C=O) groups is 2. The Bertz CT molecular complexity index is 1120. The van der Waals surface area contributed by atoms with Gasteiger partial charge in [0.1, 0.15) is 6.61 Å². The van der Waals surface area contributed by atoms with Gasteiger partial charge in [-0.05, 0) is 43.5 Å². The van der Waals surface area contributed by atoms with Crippen molar-refractivity contribution in [2.75, 3.05) is 13.7 Å². The maximum Gasteiger partial charge on any atom is 0.453 e. The first-order valence-corrected chi connectivity index (χ1v) is 10.4. The molecule has 1 aliphatic rings. The standard InChI is InChI=1S/C23H26O12/c1-21(2,20(25)32-3)11-33-18-15(12-5-4-6-14-13(12)7-9-16(14)24)8-10-17(34-22(26,27)28)19(18)35-23(29,30)31/h4-6,8,10,26-31H,7,9,11H2,1-3H3. The molecule has 6 N–H and O–H groups in total. The van der Waals surface area contributed by atoms with E-state index in [9.17, 15) is 40.2 Å². The molecule has 190 valence electrons. The fraction of sp³-hybridized carbons (Fsp3) is 0.391. The van der Waals surface area contributed by atoms with E-state index in [0.717, 1.165) is 6.07 Å². The van der Waals surface area contributed by atoms with Crippen LogP contribution < -0.4 is 14.2 Å². The Morgan fingerprint density at radius 3 is 2.09 bits per heavy atom. The minimum absolute atomic E-state index is 0.0710. The molecule has 35 heavy (non-hydrogen) atoms. The highest BCUT2D eigenvalue weighted by molar-refractivity contribution is 6.02. The van der Waals surface area contributed by atoms with Crippen molar-refractivity contribution in [3.8, 4) is 28.4 Å². The monoisotopic (exact) mass is 494 g/mol. The summed E-state index contributed by atoms with van der Waals surface area (Å²) in [6, 6.07) is 7.37. The summed E-state index contributed by atoms with van der Waals surface area (Å²) in [4.78, 5) is 24.4. The Kier molecular flexibility index (Phi) is 7.09. The number of rotatable bonds is 9. The van der Waals surface area contributed by atoms with Gasteiger partial charge in [0.2, 0.25) is 5.75 Å². The summed E-state index contributed by atoms with van der Waals surface area (Å²) in [6.45, 7) is 2.65. The first kappa shape index (κ1) is 26.3. The minimum Gasteiger partial charge on any atom is -0.488 e. The van der Waals surface area contributed by atoms with E-state index in [-0.39, 0.29) is 30.1 Å². The van der Waals surface area contributed by atoms with Crippen LogP contribution in [0.5, 0.6) is 17.2 Å². The van der Waals surface area contributed by atoms with Gasteiger partial charge in [-0.15, -0.1) is 0 Å². The molecule has 1 aliphatic carbocycles. The van der Waals surface area contributed by atoms with E-state index in [2.05, 4.69) is 4.74 Å². The summed E-state index contributed by atoms with van der Waals surface area (Å²) in [5, 5.41) is 56.4. The molecule has 0 amide bonds. The van der Waals surface area contributed by atoms with Gasteiger partial charge in [-0.2, -0.15) is 0 Å². The molecule has 0 aromatic heterocycles. The summed E-state index contributed by atoms with van der Waals surface area (Å²) in [5.41, 5.74) is 0.616. The van der Waals surface area contributed by atoms with E-state index in [1.807, 2.05) is 0 Å². The summed E-state index contributed by atoms with van der Waals surface area (Å²) >= 11 is 0. The molecular formula is C23H26O12. The lowest BCUT2D eigenvalue weighted by atomic mass is 9.94. The van der Waals surface area contributed by atoms with E-state index >= 15 is 0 Å². The SMILES string of the molecule is COC(=O)C(C)(C)COc1c(-c2cccc3c2CCC3=O)ccc(OC(O)(O)O)c1OC(O)(O)O. The number of Topliss-reactive ketones (excluding diaryl/α,β-unsaturated/α-hetero) is 1. The minimum atomic E-state index is -3.79. The van der Waals surface area contributed by atoms with Crippen LogP contribution in [0, 0.1) is 5.41 Å². The number of hydrogen-bond donors (Lipinski definition) is 6. The normalized spacial score (nSPS) is 13.9. The molecule has 0 atom stereocenters. The van der Waals surface area contributed by atoms with Gasteiger partial charge in [-0.1, -0.05) is 18.2 Å². The van der Waals surface area contributed by atoms with E-state index in [1.165, 1.54) is 27.0 Å². The Balaban J connectivity index is 2.24. The summed E-state index contributed by atoms with van der Waals surface area (Å²) < 4.78 is 20.0. The second kappa shape index (κ2) is 9.41. The van der Waals surface area contributed by atoms with Crippen LogP contribution in [-0.4, -0.2) is 68.4 Å². The van der Waals surface area contributed by atoms with Gasteiger partial charge in [0.15, 0.2) is 17.3 Å². The molecule has 0 saturated carbocycles. The number of esters is 1. The average molecular weight is 494 g/mol. The first-order chi connectivity index (χ1) is 16.1. The lowest BCUT2D eigenvalue weighted by molar-refractivity contribution is -0.428. The molecule has 12 heteroatoms. The van der Waals surface area contributed by atoms with Gasteiger partial charge < -0.3 is 49.6 Å². The molecule has 0 aliphatic heterocycles. The molecule has 0 bridgehead atoms. The fourth-order valence-corrected chi connectivity index (χ4v) is 3.69. The van der Waals surface area contributed by atoms with E-state index in [4.69, 9.17) is 14.2 Å². The van der Waals surface area contributed by atoms with E-state index in [0.29, 0.717) is 23.1 Å².